The zero-order valence-electron chi connectivity index (χ0n) is 13.7. The highest BCUT2D eigenvalue weighted by atomic mass is 32.2. The first-order valence-corrected chi connectivity index (χ1v) is 9.82. The number of rotatable bonds is 5. The molecule has 0 amide bonds. The predicted molar refractivity (Wildman–Crippen MR) is 86.3 cm³/mol. The molecular formula is C15H31N3O2S. The summed E-state index contributed by atoms with van der Waals surface area (Å²) in [6.07, 6.45) is 4.23. The molecule has 0 radical (unpaired) electrons. The standard InChI is InChI=1S/C15H31N3O2S/c1-4-16-10-15-6-5-9-17(12-15)21(19,20)18-11-13(2)7-8-14(18)3/h13-16H,4-12H2,1-3H3. The van der Waals surface area contributed by atoms with Crippen LogP contribution in [0.2, 0.25) is 0 Å². The molecule has 2 aliphatic rings. The van der Waals surface area contributed by atoms with Crippen LogP contribution in [-0.4, -0.2) is 55.8 Å². The van der Waals surface area contributed by atoms with Gasteiger partial charge in [-0.3, -0.25) is 0 Å². The molecule has 2 heterocycles. The maximum atomic E-state index is 12.9. The van der Waals surface area contributed by atoms with E-state index in [0.717, 1.165) is 38.8 Å². The second-order valence-electron chi connectivity index (χ2n) is 6.78. The third kappa shape index (κ3) is 4.18. The monoisotopic (exact) mass is 317 g/mol. The number of piperidine rings is 2. The Hall–Kier alpha value is -0.170. The maximum absolute atomic E-state index is 12.9. The minimum Gasteiger partial charge on any atom is -0.317 e. The van der Waals surface area contributed by atoms with E-state index < -0.39 is 10.2 Å². The summed E-state index contributed by atoms with van der Waals surface area (Å²) in [6.45, 7) is 10.2. The molecule has 0 spiro atoms. The van der Waals surface area contributed by atoms with Crippen molar-refractivity contribution in [1.82, 2.24) is 13.9 Å². The van der Waals surface area contributed by atoms with Gasteiger partial charge in [-0.1, -0.05) is 13.8 Å². The van der Waals surface area contributed by atoms with Crippen molar-refractivity contribution in [2.24, 2.45) is 11.8 Å². The average Bonchev–Trinajstić information content (AvgIpc) is 2.48. The molecule has 3 unspecified atom stereocenters. The minimum absolute atomic E-state index is 0.139. The van der Waals surface area contributed by atoms with E-state index in [0.29, 0.717) is 31.5 Å². The third-order valence-corrected chi connectivity index (χ3v) is 6.93. The Labute approximate surface area is 130 Å². The van der Waals surface area contributed by atoms with Crippen LogP contribution in [0.3, 0.4) is 0 Å². The summed E-state index contributed by atoms with van der Waals surface area (Å²) < 4.78 is 29.4. The first-order chi connectivity index (χ1) is 9.95. The van der Waals surface area contributed by atoms with Gasteiger partial charge < -0.3 is 5.32 Å². The fraction of sp³-hybridized carbons (Fsp3) is 1.00. The SMILES string of the molecule is CCNCC1CCCN(S(=O)(=O)N2CC(C)CCC2C)C1. The second kappa shape index (κ2) is 7.40. The largest absolute Gasteiger partial charge is 0.317 e. The van der Waals surface area contributed by atoms with Gasteiger partial charge in [0.25, 0.3) is 10.2 Å². The van der Waals surface area contributed by atoms with Crippen LogP contribution in [-0.2, 0) is 10.2 Å². The Morgan fingerprint density at radius 3 is 2.62 bits per heavy atom. The van der Waals surface area contributed by atoms with Crippen LogP contribution in [0.25, 0.3) is 0 Å². The Balaban J connectivity index is 2.03. The summed E-state index contributed by atoms with van der Waals surface area (Å²) in [5.74, 6) is 0.921. The van der Waals surface area contributed by atoms with E-state index in [1.54, 1.807) is 8.61 Å². The van der Waals surface area contributed by atoms with Crippen LogP contribution in [0.15, 0.2) is 0 Å². The number of hydrogen-bond donors (Lipinski definition) is 1. The van der Waals surface area contributed by atoms with Gasteiger partial charge in [0.15, 0.2) is 0 Å². The molecule has 0 aromatic carbocycles. The van der Waals surface area contributed by atoms with Gasteiger partial charge >= 0.3 is 0 Å². The highest BCUT2D eigenvalue weighted by Gasteiger charge is 2.38. The zero-order valence-corrected chi connectivity index (χ0v) is 14.5. The maximum Gasteiger partial charge on any atom is 0.282 e. The van der Waals surface area contributed by atoms with Gasteiger partial charge in [0.2, 0.25) is 0 Å². The van der Waals surface area contributed by atoms with Crippen molar-refractivity contribution in [1.29, 1.82) is 0 Å². The van der Waals surface area contributed by atoms with E-state index in [1.165, 1.54) is 0 Å². The highest BCUT2D eigenvalue weighted by Crippen LogP contribution is 2.28. The lowest BCUT2D eigenvalue weighted by atomic mass is 9.97. The van der Waals surface area contributed by atoms with Crippen molar-refractivity contribution in [2.75, 3.05) is 32.7 Å². The molecule has 2 fully saturated rings. The van der Waals surface area contributed by atoms with Crippen molar-refractivity contribution in [3.05, 3.63) is 0 Å². The van der Waals surface area contributed by atoms with Crippen molar-refractivity contribution in [3.8, 4) is 0 Å². The highest BCUT2D eigenvalue weighted by molar-refractivity contribution is 7.86. The molecule has 0 bridgehead atoms. The Morgan fingerprint density at radius 2 is 1.90 bits per heavy atom. The molecular weight excluding hydrogens is 286 g/mol. The molecule has 6 heteroatoms. The Bertz CT molecular complexity index is 427. The van der Waals surface area contributed by atoms with Gasteiger partial charge in [0.1, 0.15) is 0 Å². The quantitative estimate of drug-likeness (QED) is 0.839. The smallest absolute Gasteiger partial charge is 0.282 e. The van der Waals surface area contributed by atoms with Gasteiger partial charge in [0.05, 0.1) is 0 Å². The molecule has 5 nitrogen and oxygen atoms in total. The second-order valence-corrected chi connectivity index (χ2v) is 8.66. The van der Waals surface area contributed by atoms with Gasteiger partial charge in [-0.25, -0.2) is 0 Å². The molecule has 2 aliphatic heterocycles. The summed E-state index contributed by atoms with van der Waals surface area (Å²) in [6, 6.07) is 0.139. The molecule has 0 saturated carbocycles. The fourth-order valence-electron chi connectivity index (χ4n) is 3.47. The number of nitrogens with one attached hydrogen (secondary N) is 1. The Kier molecular flexibility index (Phi) is 6.05. The van der Waals surface area contributed by atoms with Gasteiger partial charge in [-0.2, -0.15) is 17.0 Å². The van der Waals surface area contributed by atoms with Crippen LogP contribution >= 0.6 is 0 Å². The normalized spacial score (nSPS) is 33.2. The van der Waals surface area contributed by atoms with Crippen LogP contribution in [0.5, 0.6) is 0 Å². The van der Waals surface area contributed by atoms with Crippen LogP contribution in [0, 0.1) is 11.8 Å². The van der Waals surface area contributed by atoms with E-state index >= 15 is 0 Å². The predicted octanol–water partition coefficient (Wildman–Crippen LogP) is 1.67. The molecule has 124 valence electrons. The average molecular weight is 317 g/mol. The summed E-state index contributed by atoms with van der Waals surface area (Å²) in [4.78, 5) is 0. The van der Waals surface area contributed by atoms with E-state index in [1.807, 2.05) is 6.92 Å². The van der Waals surface area contributed by atoms with Crippen molar-refractivity contribution in [3.63, 3.8) is 0 Å². The third-order valence-electron chi connectivity index (χ3n) is 4.85. The molecule has 2 rings (SSSR count). The minimum atomic E-state index is -3.29. The van der Waals surface area contributed by atoms with Crippen molar-refractivity contribution < 1.29 is 8.42 Å². The molecule has 0 aliphatic carbocycles. The zero-order chi connectivity index (χ0) is 15.5. The summed E-state index contributed by atoms with van der Waals surface area (Å²) >= 11 is 0. The lowest BCUT2D eigenvalue weighted by molar-refractivity contribution is 0.186. The molecule has 0 aromatic rings. The first-order valence-electron chi connectivity index (χ1n) is 8.42. The van der Waals surface area contributed by atoms with E-state index in [2.05, 4.69) is 19.2 Å². The first kappa shape index (κ1) is 17.2. The number of hydrogen-bond acceptors (Lipinski definition) is 3. The fourth-order valence-corrected chi connectivity index (χ4v) is 5.53. The van der Waals surface area contributed by atoms with Crippen molar-refractivity contribution in [2.45, 2.75) is 52.5 Å². The van der Waals surface area contributed by atoms with E-state index in [4.69, 9.17) is 0 Å². The van der Waals surface area contributed by atoms with E-state index in [-0.39, 0.29) is 6.04 Å². The molecule has 2 saturated heterocycles. The molecule has 21 heavy (non-hydrogen) atoms. The van der Waals surface area contributed by atoms with E-state index in [9.17, 15) is 8.42 Å². The molecule has 1 N–H and O–H groups in total. The van der Waals surface area contributed by atoms with Crippen LogP contribution in [0.4, 0.5) is 0 Å². The lowest BCUT2D eigenvalue weighted by Crippen LogP contribution is -2.54. The summed E-state index contributed by atoms with van der Waals surface area (Å²) in [5, 5.41) is 3.35. The van der Waals surface area contributed by atoms with Gasteiger partial charge in [-0.15, -0.1) is 0 Å². The number of nitrogens with zero attached hydrogens (tertiary/aromatic N) is 2. The molecule has 3 atom stereocenters. The van der Waals surface area contributed by atoms with Gasteiger partial charge in [0, 0.05) is 25.7 Å². The topological polar surface area (TPSA) is 52.7 Å². The van der Waals surface area contributed by atoms with Crippen LogP contribution < -0.4 is 5.32 Å². The summed E-state index contributed by atoms with van der Waals surface area (Å²) in [5.41, 5.74) is 0. The summed E-state index contributed by atoms with van der Waals surface area (Å²) in [7, 11) is -3.29. The Morgan fingerprint density at radius 1 is 1.14 bits per heavy atom. The van der Waals surface area contributed by atoms with Crippen molar-refractivity contribution >= 4 is 10.2 Å². The lowest BCUT2D eigenvalue weighted by Gasteiger charge is -2.41. The molecule has 0 aromatic heterocycles. The van der Waals surface area contributed by atoms with Gasteiger partial charge in [-0.05, 0) is 57.5 Å². The van der Waals surface area contributed by atoms with Crippen LogP contribution in [0.1, 0.15) is 46.5 Å².